The summed E-state index contributed by atoms with van der Waals surface area (Å²) in [5.41, 5.74) is 0. The number of hydrogen-bond acceptors (Lipinski definition) is 4. The van der Waals surface area contributed by atoms with Gasteiger partial charge in [-0.2, -0.15) is 0 Å². The summed E-state index contributed by atoms with van der Waals surface area (Å²) >= 11 is 0. The van der Waals surface area contributed by atoms with Crippen LogP contribution >= 0.6 is 0 Å². The normalized spacial score (nSPS) is 11.4. The SMILES string of the molecule is CCCCCCCCCCCCCC(=O)O.O=C(O)C(O)CO. The van der Waals surface area contributed by atoms with Crippen LogP contribution in [0.1, 0.15) is 84.0 Å². The predicted octanol–water partition coefficient (Wildman–Crippen LogP) is 3.20. The second kappa shape index (κ2) is 18.9. The minimum atomic E-state index is -1.63. The Morgan fingerprint density at radius 2 is 1.17 bits per heavy atom. The fourth-order valence-electron chi connectivity index (χ4n) is 2.02. The molecule has 0 aliphatic heterocycles. The van der Waals surface area contributed by atoms with Crippen LogP contribution in [0.5, 0.6) is 0 Å². The Morgan fingerprint density at radius 3 is 1.43 bits per heavy atom. The number of aliphatic carboxylic acids is 2. The average molecular weight is 334 g/mol. The average Bonchev–Trinajstić information content (AvgIpc) is 2.52. The van der Waals surface area contributed by atoms with Crippen LogP contribution in [0, 0.1) is 0 Å². The van der Waals surface area contributed by atoms with Gasteiger partial charge >= 0.3 is 11.9 Å². The van der Waals surface area contributed by atoms with E-state index in [2.05, 4.69) is 6.92 Å². The van der Waals surface area contributed by atoms with Gasteiger partial charge in [0.1, 0.15) is 0 Å². The predicted molar refractivity (Wildman–Crippen MR) is 89.4 cm³/mol. The van der Waals surface area contributed by atoms with Crippen molar-refractivity contribution < 1.29 is 30.0 Å². The number of rotatable bonds is 14. The molecule has 6 heteroatoms. The minimum absolute atomic E-state index is 0.344. The third-order valence-corrected chi connectivity index (χ3v) is 3.45. The molecule has 0 aliphatic rings. The monoisotopic (exact) mass is 334 g/mol. The van der Waals surface area contributed by atoms with Gasteiger partial charge in [0.25, 0.3) is 0 Å². The van der Waals surface area contributed by atoms with Gasteiger partial charge in [-0.25, -0.2) is 4.79 Å². The fraction of sp³-hybridized carbons (Fsp3) is 0.882. The van der Waals surface area contributed by atoms with Crippen LogP contribution in [0.3, 0.4) is 0 Å². The molecule has 1 unspecified atom stereocenters. The van der Waals surface area contributed by atoms with Crippen molar-refractivity contribution in [3.8, 4) is 0 Å². The third-order valence-electron chi connectivity index (χ3n) is 3.45. The molecule has 0 saturated heterocycles. The lowest BCUT2D eigenvalue weighted by atomic mass is 10.1. The number of carboxylic acids is 2. The molecule has 0 spiro atoms. The van der Waals surface area contributed by atoms with Crippen molar-refractivity contribution in [1.29, 1.82) is 0 Å². The number of aliphatic hydroxyl groups is 2. The molecule has 0 fully saturated rings. The summed E-state index contributed by atoms with van der Waals surface area (Å²) in [6, 6.07) is 0. The van der Waals surface area contributed by atoms with E-state index in [0.717, 1.165) is 12.8 Å². The maximum absolute atomic E-state index is 10.3. The molecular weight excluding hydrogens is 300 g/mol. The highest BCUT2D eigenvalue weighted by Crippen LogP contribution is 2.11. The van der Waals surface area contributed by atoms with Crippen LogP contribution in [0.2, 0.25) is 0 Å². The molecule has 4 N–H and O–H groups in total. The van der Waals surface area contributed by atoms with Gasteiger partial charge in [-0.15, -0.1) is 0 Å². The summed E-state index contributed by atoms with van der Waals surface area (Å²) < 4.78 is 0. The molecule has 0 aromatic carbocycles. The summed E-state index contributed by atoms with van der Waals surface area (Å²) in [7, 11) is 0. The lowest BCUT2D eigenvalue weighted by Gasteiger charge is -2.01. The first kappa shape index (κ1) is 24.1. The molecule has 0 aromatic heterocycles. The summed E-state index contributed by atoms with van der Waals surface area (Å²) in [5.74, 6) is -2.06. The quantitative estimate of drug-likeness (QED) is 0.363. The van der Waals surface area contributed by atoms with Gasteiger partial charge in [0.15, 0.2) is 6.10 Å². The van der Waals surface area contributed by atoms with Crippen molar-refractivity contribution >= 4 is 11.9 Å². The van der Waals surface area contributed by atoms with Gasteiger partial charge in [0.05, 0.1) is 6.61 Å². The molecule has 0 radical (unpaired) electrons. The number of unbranched alkanes of at least 4 members (excludes halogenated alkanes) is 10. The van der Waals surface area contributed by atoms with Gasteiger partial charge in [-0.1, -0.05) is 71.1 Å². The Bertz CT molecular complexity index is 280. The first-order valence-corrected chi connectivity index (χ1v) is 8.69. The standard InChI is InChI=1S/C14H28O2.C3H6O4/c1-2-3-4-5-6-7-8-9-10-11-12-13-14(15)16;4-1-2(5)3(6)7/h2-13H2,1H3,(H,15,16);2,4-5H,1H2,(H,6,7). The molecule has 0 bridgehead atoms. The molecule has 6 nitrogen and oxygen atoms in total. The van der Waals surface area contributed by atoms with Gasteiger partial charge in [0, 0.05) is 6.42 Å². The van der Waals surface area contributed by atoms with Crippen molar-refractivity contribution in [2.75, 3.05) is 6.61 Å². The molecule has 1 atom stereocenters. The molecule has 23 heavy (non-hydrogen) atoms. The van der Waals surface area contributed by atoms with Crippen LogP contribution in [0.25, 0.3) is 0 Å². The highest BCUT2D eigenvalue weighted by Gasteiger charge is 2.08. The second-order valence-electron chi connectivity index (χ2n) is 5.72. The van der Waals surface area contributed by atoms with Crippen molar-refractivity contribution in [2.24, 2.45) is 0 Å². The maximum Gasteiger partial charge on any atom is 0.334 e. The lowest BCUT2D eigenvalue weighted by Crippen LogP contribution is -2.22. The second-order valence-corrected chi connectivity index (χ2v) is 5.72. The van der Waals surface area contributed by atoms with Crippen molar-refractivity contribution in [3.63, 3.8) is 0 Å². The fourth-order valence-corrected chi connectivity index (χ4v) is 2.02. The van der Waals surface area contributed by atoms with E-state index in [9.17, 15) is 9.59 Å². The van der Waals surface area contributed by atoms with E-state index in [4.69, 9.17) is 20.4 Å². The zero-order chi connectivity index (χ0) is 17.9. The Kier molecular flexibility index (Phi) is 19.8. The van der Waals surface area contributed by atoms with E-state index in [1.165, 1.54) is 57.8 Å². The van der Waals surface area contributed by atoms with E-state index >= 15 is 0 Å². The number of aliphatic hydroxyl groups excluding tert-OH is 2. The molecule has 0 aliphatic carbocycles. The molecule has 0 heterocycles. The summed E-state index contributed by atoms with van der Waals surface area (Å²) in [4.78, 5) is 19.8. The highest BCUT2D eigenvalue weighted by molar-refractivity contribution is 5.71. The lowest BCUT2D eigenvalue weighted by molar-refractivity contribution is -0.148. The zero-order valence-electron chi connectivity index (χ0n) is 14.4. The van der Waals surface area contributed by atoms with E-state index in [1.54, 1.807) is 0 Å². The largest absolute Gasteiger partial charge is 0.481 e. The van der Waals surface area contributed by atoms with Crippen LogP contribution in [-0.2, 0) is 9.59 Å². The Labute approximate surface area is 139 Å². The summed E-state index contributed by atoms with van der Waals surface area (Å²) in [6.45, 7) is 1.52. The summed E-state index contributed by atoms with van der Waals surface area (Å²) in [5, 5.41) is 32.2. The van der Waals surface area contributed by atoms with Gasteiger partial charge in [-0.3, -0.25) is 4.79 Å². The molecule has 0 rings (SSSR count). The van der Waals surface area contributed by atoms with Crippen molar-refractivity contribution in [1.82, 2.24) is 0 Å². The smallest absolute Gasteiger partial charge is 0.334 e. The number of hydrogen-bond donors (Lipinski definition) is 4. The topological polar surface area (TPSA) is 115 Å². The Balaban J connectivity index is 0. The molecular formula is C17H34O6. The Hall–Kier alpha value is -1.14. The van der Waals surface area contributed by atoms with Crippen LogP contribution in [-0.4, -0.2) is 45.1 Å². The molecule has 138 valence electrons. The van der Waals surface area contributed by atoms with Gasteiger partial charge in [0.2, 0.25) is 0 Å². The van der Waals surface area contributed by atoms with Crippen molar-refractivity contribution in [2.45, 2.75) is 90.1 Å². The Morgan fingerprint density at radius 1 is 0.783 bits per heavy atom. The molecule has 0 amide bonds. The number of carbonyl (C=O) groups is 2. The zero-order valence-corrected chi connectivity index (χ0v) is 14.4. The first-order valence-electron chi connectivity index (χ1n) is 8.69. The molecule has 0 saturated carbocycles. The summed E-state index contributed by atoms with van der Waals surface area (Å²) in [6.07, 6.45) is 12.7. The van der Waals surface area contributed by atoms with Crippen LogP contribution < -0.4 is 0 Å². The van der Waals surface area contributed by atoms with Crippen LogP contribution in [0.4, 0.5) is 0 Å². The van der Waals surface area contributed by atoms with E-state index in [1.807, 2.05) is 0 Å². The minimum Gasteiger partial charge on any atom is -0.481 e. The first-order chi connectivity index (χ1) is 11.0. The van der Waals surface area contributed by atoms with E-state index in [-0.39, 0.29) is 0 Å². The van der Waals surface area contributed by atoms with Crippen molar-refractivity contribution in [3.05, 3.63) is 0 Å². The van der Waals surface area contributed by atoms with Crippen LogP contribution in [0.15, 0.2) is 0 Å². The molecule has 0 aromatic rings. The number of carboxylic acid groups (broad SMARTS) is 2. The highest BCUT2D eigenvalue weighted by atomic mass is 16.4. The third kappa shape index (κ3) is 23.3. The van der Waals surface area contributed by atoms with Gasteiger partial charge < -0.3 is 20.4 Å². The maximum atomic E-state index is 10.3. The van der Waals surface area contributed by atoms with E-state index in [0.29, 0.717) is 6.42 Å². The van der Waals surface area contributed by atoms with E-state index < -0.39 is 24.6 Å². The van der Waals surface area contributed by atoms with Gasteiger partial charge in [-0.05, 0) is 6.42 Å².